The predicted octanol–water partition coefficient (Wildman–Crippen LogP) is 4.54. The third-order valence-electron chi connectivity index (χ3n) is 4.23. The average molecular weight is 312 g/mol. The van der Waals surface area contributed by atoms with Gasteiger partial charge in [0, 0.05) is 13.3 Å². The Bertz CT molecular complexity index is 327. The number of unbranched alkanes of at least 4 members (excludes halogenated alkanes) is 7. The van der Waals surface area contributed by atoms with Gasteiger partial charge in [-0.2, -0.15) is 0 Å². The van der Waals surface area contributed by atoms with Crippen LogP contribution in [-0.2, 0) is 19.1 Å². The number of hydrogen-bond donors (Lipinski definition) is 0. The first-order valence-electron chi connectivity index (χ1n) is 9.00. The molecule has 0 aliphatic carbocycles. The number of ether oxygens (including phenoxy) is 2. The fraction of sp³-hybridized carbons (Fsp3) is 0.889. The minimum Gasteiger partial charge on any atom is -0.459 e. The van der Waals surface area contributed by atoms with E-state index >= 15 is 0 Å². The van der Waals surface area contributed by atoms with Gasteiger partial charge >= 0.3 is 11.9 Å². The molecule has 1 aliphatic rings. The molecule has 0 unspecified atom stereocenters. The second kappa shape index (κ2) is 11.5. The van der Waals surface area contributed by atoms with Crippen molar-refractivity contribution in [2.45, 2.75) is 103 Å². The Labute approximate surface area is 134 Å². The molecule has 0 radical (unpaired) electrons. The maximum atomic E-state index is 11.4. The molecule has 0 spiro atoms. The quantitative estimate of drug-likeness (QED) is 0.415. The summed E-state index contributed by atoms with van der Waals surface area (Å²) in [5.41, 5.74) is 0. The molecule has 0 aromatic carbocycles. The Morgan fingerprint density at radius 1 is 1.18 bits per heavy atom. The van der Waals surface area contributed by atoms with Crippen molar-refractivity contribution in [1.82, 2.24) is 0 Å². The van der Waals surface area contributed by atoms with Crippen LogP contribution in [0.15, 0.2) is 0 Å². The van der Waals surface area contributed by atoms with Crippen LogP contribution in [0.4, 0.5) is 0 Å². The van der Waals surface area contributed by atoms with Gasteiger partial charge in [0.05, 0.1) is 0 Å². The lowest BCUT2D eigenvalue weighted by atomic mass is 9.98. The highest BCUT2D eigenvalue weighted by atomic mass is 16.6. The van der Waals surface area contributed by atoms with Crippen LogP contribution >= 0.6 is 0 Å². The summed E-state index contributed by atoms with van der Waals surface area (Å²) in [7, 11) is 0. The number of rotatable bonds is 11. The van der Waals surface area contributed by atoms with E-state index in [-0.39, 0.29) is 24.1 Å². The summed E-state index contributed by atoms with van der Waals surface area (Å²) >= 11 is 0. The lowest BCUT2D eigenvalue weighted by Gasteiger charge is -2.29. The summed E-state index contributed by atoms with van der Waals surface area (Å²) in [5, 5.41) is 0. The molecule has 1 aliphatic heterocycles. The first kappa shape index (κ1) is 19.0. The lowest BCUT2D eigenvalue weighted by Crippen LogP contribution is -2.37. The van der Waals surface area contributed by atoms with Crippen molar-refractivity contribution in [2.75, 3.05) is 0 Å². The van der Waals surface area contributed by atoms with Gasteiger partial charge in [0.1, 0.15) is 12.2 Å². The molecule has 0 aromatic heterocycles. The number of hydrogen-bond acceptors (Lipinski definition) is 4. The molecule has 0 aromatic rings. The van der Waals surface area contributed by atoms with E-state index < -0.39 is 0 Å². The molecular formula is C18H32O4. The van der Waals surface area contributed by atoms with Crippen LogP contribution in [-0.4, -0.2) is 24.1 Å². The second-order valence-corrected chi connectivity index (χ2v) is 6.33. The fourth-order valence-corrected chi connectivity index (χ4v) is 3.01. The fourth-order valence-electron chi connectivity index (χ4n) is 3.01. The topological polar surface area (TPSA) is 52.6 Å². The van der Waals surface area contributed by atoms with Crippen molar-refractivity contribution in [3.05, 3.63) is 0 Å². The molecule has 128 valence electrons. The van der Waals surface area contributed by atoms with Crippen molar-refractivity contribution in [1.29, 1.82) is 0 Å². The maximum Gasteiger partial charge on any atom is 0.306 e. The second-order valence-electron chi connectivity index (χ2n) is 6.33. The lowest BCUT2D eigenvalue weighted by molar-refractivity contribution is -0.172. The molecule has 1 saturated heterocycles. The summed E-state index contributed by atoms with van der Waals surface area (Å²) < 4.78 is 10.7. The smallest absolute Gasteiger partial charge is 0.306 e. The minimum atomic E-state index is -0.286. The average Bonchev–Trinajstić information content (AvgIpc) is 2.48. The van der Waals surface area contributed by atoms with E-state index in [9.17, 15) is 9.59 Å². The van der Waals surface area contributed by atoms with E-state index in [1.807, 2.05) is 0 Å². The monoisotopic (exact) mass is 312 g/mol. The summed E-state index contributed by atoms with van der Waals surface area (Å²) in [6, 6.07) is 0. The molecule has 2 atom stereocenters. The van der Waals surface area contributed by atoms with Crippen molar-refractivity contribution in [3.63, 3.8) is 0 Å². The van der Waals surface area contributed by atoms with Crippen LogP contribution in [0.25, 0.3) is 0 Å². The van der Waals surface area contributed by atoms with Gasteiger partial charge in [0.15, 0.2) is 0 Å². The van der Waals surface area contributed by atoms with Crippen LogP contribution in [0.1, 0.15) is 90.9 Å². The third kappa shape index (κ3) is 8.40. The van der Waals surface area contributed by atoms with Gasteiger partial charge in [0.25, 0.3) is 0 Å². The maximum absolute atomic E-state index is 11.4. The van der Waals surface area contributed by atoms with Gasteiger partial charge in [-0.3, -0.25) is 9.59 Å². The Morgan fingerprint density at radius 3 is 2.41 bits per heavy atom. The van der Waals surface area contributed by atoms with E-state index in [1.165, 1.54) is 45.4 Å². The molecule has 4 heteroatoms. The van der Waals surface area contributed by atoms with Gasteiger partial charge in [-0.05, 0) is 25.7 Å². The molecule has 1 fully saturated rings. The SMILES string of the molecule is CCCCCCCCCC[C@@H](OC(C)=O)[C@H]1CCCC(=O)O1. The van der Waals surface area contributed by atoms with Gasteiger partial charge < -0.3 is 9.47 Å². The standard InChI is InChI=1S/C18H32O4/c1-3-4-5-6-7-8-9-10-12-16(21-15(2)19)17-13-11-14-18(20)22-17/h16-17H,3-14H2,1-2H3/t16-,17-/m1/s1. The van der Waals surface area contributed by atoms with Gasteiger partial charge in [-0.25, -0.2) is 0 Å². The van der Waals surface area contributed by atoms with E-state index in [0.29, 0.717) is 6.42 Å². The Hall–Kier alpha value is -1.06. The summed E-state index contributed by atoms with van der Waals surface area (Å²) in [6.07, 6.45) is 12.4. The number of carbonyl (C=O) groups excluding carboxylic acids is 2. The first-order valence-corrected chi connectivity index (χ1v) is 9.00. The summed E-state index contributed by atoms with van der Waals surface area (Å²) in [4.78, 5) is 22.7. The van der Waals surface area contributed by atoms with Crippen LogP contribution < -0.4 is 0 Å². The van der Waals surface area contributed by atoms with Gasteiger partial charge in [-0.1, -0.05) is 51.9 Å². The van der Waals surface area contributed by atoms with Crippen molar-refractivity contribution < 1.29 is 19.1 Å². The Morgan fingerprint density at radius 2 is 1.82 bits per heavy atom. The largest absolute Gasteiger partial charge is 0.459 e. The Balaban J connectivity index is 2.21. The normalized spacial score (nSPS) is 19.5. The molecule has 1 heterocycles. The van der Waals surface area contributed by atoms with Crippen LogP contribution in [0, 0.1) is 0 Å². The van der Waals surface area contributed by atoms with Crippen molar-refractivity contribution in [3.8, 4) is 0 Å². The zero-order chi connectivity index (χ0) is 16.2. The zero-order valence-electron chi connectivity index (χ0n) is 14.3. The molecule has 0 bridgehead atoms. The van der Waals surface area contributed by atoms with E-state index in [0.717, 1.165) is 32.1 Å². The van der Waals surface area contributed by atoms with E-state index in [2.05, 4.69) is 6.92 Å². The number of carbonyl (C=O) groups is 2. The predicted molar refractivity (Wildman–Crippen MR) is 86.5 cm³/mol. The molecule has 22 heavy (non-hydrogen) atoms. The number of cyclic esters (lactones) is 1. The summed E-state index contributed by atoms with van der Waals surface area (Å²) in [5.74, 6) is -0.449. The molecule has 0 saturated carbocycles. The van der Waals surface area contributed by atoms with Crippen molar-refractivity contribution in [2.24, 2.45) is 0 Å². The van der Waals surface area contributed by atoms with Crippen LogP contribution in [0.5, 0.6) is 0 Å². The highest BCUT2D eigenvalue weighted by molar-refractivity contribution is 5.70. The highest BCUT2D eigenvalue weighted by Gasteiger charge is 2.30. The van der Waals surface area contributed by atoms with Gasteiger partial charge in [-0.15, -0.1) is 0 Å². The zero-order valence-corrected chi connectivity index (χ0v) is 14.3. The van der Waals surface area contributed by atoms with E-state index in [1.54, 1.807) is 0 Å². The Kier molecular flexibility index (Phi) is 9.93. The third-order valence-corrected chi connectivity index (χ3v) is 4.23. The molecule has 0 amide bonds. The molecular weight excluding hydrogens is 280 g/mol. The first-order chi connectivity index (χ1) is 10.6. The van der Waals surface area contributed by atoms with E-state index in [4.69, 9.17) is 9.47 Å². The highest BCUT2D eigenvalue weighted by Crippen LogP contribution is 2.23. The molecule has 4 nitrogen and oxygen atoms in total. The van der Waals surface area contributed by atoms with Crippen molar-refractivity contribution >= 4 is 11.9 Å². The molecule has 1 rings (SSSR count). The molecule has 0 N–H and O–H groups in total. The summed E-state index contributed by atoms with van der Waals surface area (Å²) in [6.45, 7) is 3.65. The van der Waals surface area contributed by atoms with Crippen LogP contribution in [0.3, 0.4) is 0 Å². The number of esters is 2. The van der Waals surface area contributed by atoms with Crippen LogP contribution in [0.2, 0.25) is 0 Å². The minimum absolute atomic E-state index is 0.163. The van der Waals surface area contributed by atoms with Gasteiger partial charge in [0.2, 0.25) is 0 Å².